The molecule has 1 saturated carbocycles. The molecule has 1 saturated heterocycles. The zero-order valence-corrected chi connectivity index (χ0v) is 19.8. The molecule has 1 heterocycles. The first-order valence-electron chi connectivity index (χ1n) is 11.8. The lowest BCUT2D eigenvalue weighted by Gasteiger charge is -2.35. The molecule has 3 aromatic carbocycles. The highest BCUT2D eigenvalue weighted by molar-refractivity contribution is 6.34. The van der Waals surface area contributed by atoms with Crippen LogP contribution in [-0.2, 0) is 14.4 Å². The summed E-state index contributed by atoms with van der Waals surface area (Å²) in [6.45, 7) is 3.72. The number of ether oxygens (including phenoxy) is 1. The number of carbonyl (C=O) groups is 3. The molecule has 3 aromatic rings. The molecule has 3 aliphatic rings. The molecule has 4 atom stereocenters. The third-order valence-corrected chi connectivity index (χ3v) is 8.24. The smallest absolute Gasteiger partial charge is 0.239 e. The van der Waals surface area contributed by atoms with Crippen LogP contribution in [0.15, 0.2) is 84.9 Å². The maximum absolute atomic E-state index is 14.2. The number of fused-ring (bicyclic) bond motifs is 5. The minimum Gasteiger partial charge on any atom is -0.497 e. The Bertz CT molecular complexity index is 1330. The minimum atomic E-state index is -1.11. The largest absolute Gasteiger partial charge is 0.497 e. The van der Waals surface area contributed by atoms with E-state index in [4.69, 9.17) is 4.74 Å². The number of nitrogens with zero attached hydrogens (tertiary/aromatic N) is 1. The first-order valence-corrected chi connectivity index (χ1v) is 11.8. The molecule has 1 aliphatic heterocycles. The van der Waals surface area contributed by atoms with Crippen molar-refractivity contribution in [2.45, 2.75) is 13.8 Å². The van der Waals surface area contributed by atoms with Crippen molar-refractivity contribution in [2.75, 3.05) is 12.0 Å². The van der Waals surface area contributed by atoms with E-state index in [0.717, 1.165) is 22.3 Å². The van der Waals surface area contributed by atoms with Crippen molar-refractivity contribution < 1.29 is 19.1 Å². The minimum absolute atomic E-state index is 0.0474. The van der Waals surface area contributed by atoms with Gasteiger partial charge in [0.25, 0.3) is 0 Å². The summed E-state index contributed by atoms with van der Waals surface area (Å²) >= 11 is 0. The van der Waals surface area contributed by atoms with E-state index in [2.05, 4.69) is 0 Å². The number of hydrogen-bond acceptors (Lipinski definition) is 4. The predicted octanol–water partition coefficient (Wildman–Crippen LogP) is 5.02. The Balaban J connectivity index is 1.59. The fourth-order valence-electron chi connectivity index (χ4n) is 6.80. The number of Topliss-reactive ketones (excluding diaryl/α,β-unsaturated/α-hetero) is 1. The average Bonchev–Trinajstić information content (AvgIpc) is 3.34. The van der Waals surface area contributed by atoms with Crippen molar-refractivity contribution in [2.24, 2.45) is 22.7 Å². The summed E-state index contributed by atoms with van der Waals surface area (Å²) in [6, 6.07) is 26.5. The molecule has 5 nitrogen and oxygen atoms in total. The number of benzene rings is 3. The Morgan fingerprint density at radius 2 is 1.09 bits per heavy atom. The van der Waals surface area contributed by atoms with E-state index in [1.807, 2.05) is 74.5 Å². The second-order valence-electron chi connectivity index (χ2n) is 9.88. The maximum atomic E-state index is 14.2. The van der Waals surface area contributed by atoms with Crippen molar-refractivity contribution in [3.63, 3.8) is 0 Å². The molecule has 2 amide bonds. The summed E-state index contributed by atoms with van der Waals surface area (Å²) in [4.78, 5) is 43.4. The third-order valence-electron chi connectivity index (χ3n) is 8.24. The lowest BCUT2D eigenvalue weighted by atomic mass is 9.63. The van der Waals surface area contributed by atoms with Gasteiger partial charge in [-0.15, -0.1) is 0 Å². The Morgan fingerprint density at radius 3 is 1.49 bits per heavy atom. The van der Waals surface area contributed by atoms with E-state index in [9.17, 15) is 14.4 Å². The molecule has 0 spiro atoms. The van der Waals surface area contributed by atoms with E-state index < -0.39 is 22.7 Å². The Hall–Kier alpha value is -3.99. The predicted molar refractivity (Wildman–Crippen MR) is 133 cm³/mol. The number of amides is 2. The Labute approximate surface area is 204 Å². The van der Waals surface area contributed by atoms with Gasteiger partial charge in [0.2, 0.25) is 11.8 Å². The number of imide groups is 1. The Morgan fingerprint density at radius 1 is 0.657 bits per heavy atom. The van der Waals surface area contributed by atoms with Gasteiger partial charge >= 0.3 is 0 Å². The van der Waals surface area contributed by atoms with Crippen LogP contribution in [0.25, 0.3) is 11.1 Å². The molecule has 174 valence electrons. The molecule has 2 aliphatic carbocycles. The SMILES string of the molecule is COc1ccc(N2C(=O)[C@@H]3[C@@H](C2=O)[C@]2(C)C(=O)[C@@]3(C)C(c3ccccc3)=C2c2ccccc2)cc1. The molecule has 0 unspecified atom stereocenters. The van der Waals surface area contributed by atoms with Crippen LogP contribution in [0.5, 0.6) is 5.75 Å². The van der Waals surface area contributed by atoms with Gasteiger partial charge in [-0.25, -0.2) is 4.90 Å². The molecule has 2 fully saturated rings. The summed E-state index contributed by atoms with van der Waals surface area (Å²) in [5.74, 6) is -1.54. The molecule has 6 rings (SSSR count). The Kier molecular flexibility index (Phi) is 4.46. The number of allylic oxidation sites excluding steroid dienone is 2. The summed E-state index contributed by atoms with van der Waals surface area (Å²) in [5, 5.41) is 0. The van der Waals surface area contributed by atoms with Crippen molar-refractivity contribution in [1.82, 2.24) is 0 Å². The number of hydrogen-bond donors (Lipinski definition) is 0. The van der Waals surface area contributed by atoms with Crippen LogP contribution >= 0.6 is 0 Å². The summed E-state index contributed by atoms with van der Waals surface area (Å²) < 4.78 is 5.24. The topological polar surface area (TPSA) is 63.7 Å². The van der Waals surface area contributed by atoms with Crippen molar-refractivity contribution >= 4 is 34.4 Å². The van der Waals surface area contributed by atoms with Gasteiger partial charge in [-0.05, 0) is 60.4 Å². The van der Waals surface area contributed by atoms with Crippen LogP contribution in [0.3, 0.4) is 0 Å². The zero-order valence-electron chi connectivity index (χ0n) is 19.8. The molecule has 35 heavy (non-hydrogen) atoms. The van der Waals surface area contributed by atoms with Gasteiger partial charge in [0.15, 0.2) is 5.78 Å². The highest BCUT2D eigenvalue weighted by Gasteiger charge is 2.78. The van der Waals surface area contributed by atoms with Crippen LogP contribution in [0, 0.1) is 22.7 Å². The number of carbonyl (C=O) groups excluding carboxylic acids is 3. The zero-order chi connectivity index (χ0) is 24.5. The lowest BCUT2D eigenvalue weighted by Crippen LogP contribution is -2.40. The summed E-state index contributed by atoms with van der Waals surface area (Å²) in [7, 11) is 1.57. The number of anilines is 1. The molecule has 0 radical (unpaired) electrons. The quantitative estimate of drug-likeness (QED) is 0.510. The van der Waals surface area contributed by atoms with Crippen molar-refractivity contribution in [1.29, 1.82) is 0 Å². The van der Waals surface area contributed by atoms with Gasteiger partial charge in [0.05, 0.1) is 35.5 Å². The fraction of sp³-hybridized carbons (Fsp3) is 0.233. The van der Waals surface area contributed by atoms with E-state index in [1.54, 1.807) is 31.4 Å². The van der Waals surface area contributed by atoms with Gasteiger partial charge in [-0.3, -0.25) is 14.4 Å². The van der Waals surface area contributed by atoms with Crippen LogP contribution in [0.2, 0.25) is 0 Å². The van der Waals surface area contributed by atoms with Crippen LogP contribution in [0.1, 0.15) is 25.0 Å². The third kappa shape index (κ3) is 2.55. The lowest BCUT2D eigenvalue weighted by molar-refractivity contribution is -0.133. The van der Waals surface area contributed by atoms with Crippen LogP contribution < -0.4 is 9.64 Å². The summed E-state index contributed by atoms with van der Waals surface area (Å²) in [6.07, 6.45) is 0. The van der Waals surface area contributed by atoms with E-state index >= 15 is 0 Å². The molecule has 5 heteroatoms. The summed E-state index contributed by atoms with van der Waals surface area (Å²) in [5.41, 5.74) is 1.81. The monoisotopic (exact) mass is 463 g/mol. The molecule has 2 bridgehead atoms. The van der Waals surface area contributed by atoms with Gasteiger partial charge in [-0.1, -0.05) is 60.7 Å². The number of ketones is 1. The highest BCUT2D eigenvalue weighted by Crippen LogP contribution is 2.73. The molecular weight excluding hydrogens is 438 g/mol. The van der Waals surface area contributed by atoms with Gasteiger partial charge in [-0.2, -0.15) is 0 Å². The van der Waals surface area contributed by atoms with Gasteiger partial charge in [0, 0.05) is 0 Å². The average molecular weight is 464 g/mol. The standard InChI is InChI=1S/C30H25NO4/c1-29-22(18-10-6-4-7-11-18)23(19-12-8-5-9-13-19)30(2,28(29)34)25-24(29)26(32)31(27(25)33)20-14-16-21(35-3)17-15-20/h4-17,24-25H,1-3H3/t24-,25-,29-,30+/m0/s1. The van der Waals surface area contributed by atoms with Crippen molar-refractivity contribution in [3.8, 4) is 5.75 Å². The molecule has 0 aromatic heterocycles. The highest BCUT2D eigenvalue weighted by atomic mass is 16.5. The van der Waals surface area contributed by atoms with E-state index in [0.29, 0.717) is 11.4 Å². The first-order chi connectivity index (χ1) is 16.8. The second-order valence-corrected chi connectivity index (χ2v) is 9.88. The first kappa shape index (κ1) is 21.5. The van der Waals surface area contributed by atoms with Crippen LogP contribution in [-0.4, -0.2) is 24.7 Å². The second kappa shape index (κ2) is 7.25. The molecule has 0 N–H and O–H groups in total. The normalized spacial score (nSPS) is 29.2. The van der Waals surface area contributed by atoms with Gasteiger partial charge < -0.3 is 4.74 Å². The number of rotatable bonds is 4. The molecular formula is C30H25NO4. The van der Waals surface area contributed by atoms with Crippen molar-refractivity contribution in [3.05, 3.63) is 96.1 Å². The van der Waals surface area contributed by atoms with Crippen LogP contribution in [0.4, 0.5) is 5.69 Å². The maximum Gasteiger partial charge on any atom is 0.239 e. The fourth-order valence-corrected chi connectivity index (χ4v) is 6.80. The number of methoxy groups -OCH3 is 1. The van der Waals surface area contributed by atoms with E-state index in [1.165, 1.54) is 4.90 Å². The van der Waals surface area contributed by atoms with E-state index in [-0.39, 0.29) is 17.6 Å². The van der Waals surface area contributed by atoms with Gasteiger partial charge in [0.1, 0.15) is 5.75 Å².